The van der Waals surface area contributed by atoms with Crippen LogP contribution in [0.4, 0.5) is 0 Å². The second kappa shape index (κ2) is 7.84. The number of benzene rings is 1. The molecule has 1 amide bonds. The van der Waals surface area contributed by atoms with Crippen molar-refractivity contribution in [1.29, 1.82) is 0 Å². The fourth-order valence-corrected chi connectivity index (χ4v) is 2.85. The Labute approximate surface area is 130 Å². The summed E-state index contributed by atoms with van der Waals surface area (Å²) in [4.78, 5) is 13.1. The quantitative estimate of drug-likeness (QED) is 0.789. The average Bonchev–Trinajstić information content (AvgIpc) is 2.82. The molecule has 0 radical (unpaired) electrons. The van der Waals surface area contributed by atoms with Gasteiger partial charge in [-0.1, -0.05) is 18.2 Å². The molecule has 0 aliphatic heterocycles. The van der Waals surface area contributed by atoms with Gasteiger partial charge in [0, 0.05) is 17.8 Å². The van der Waals surface area contributed by atoms with Crippen molar-refractivity contribution in [3.05, 3.63) is 51.7 Å². The molecule has 2 rings (SSSR count). The summed E-state index contributed by atoms with van der Waals surface area (Å²) in [5.41, 5.74) is 2.50. The number of ether oxygens (including phenoxy) is 1. The monoisotopic (exact) mass is 303 g/mol. The van der Waals surface area contributed by atoms with E-state index in [1.54, 1.807) is 11.3 Å². The maximum atomic E-state index is 11.8. The van der Waals surface area contributed by atoms with E-state index in [1.807, 2.05) is 30.3 Å². The van der Waals surface area contributed by atoms with E-state index < -0.39 is 0 Å². The molecule has 0 atom stereocenters. The molecule has 1 heterocycles. The van der Waals surface area contributed by atoms with Crippen molar-refractivity contribution in [2.24, 2.45) is 0 Å². The van der Waals surface area contributed by atoms with E-state index in [9.17, 15) is 4.79 Å². The van der Waals surface area contributed by atoms with Crippen LogP contribution in [0.2, 0.25) is 0 Å². The number of thiophene rings is 1. The third-order valence-electron chi connectivity index (χ3n) is 3.42. The zero-order valence-corrected chi connectivity index (χ0v) is 13.3. The maximum Gasteiger partial charge on any atom is 0.220 e. The first-order valence-electron chi connectivity index (χ1n) is 7.15. The van der Waals surface area contributed by atoms with Crippen LogP contribution >= 0.6 is 11.3 Å². The number of carbonyl (C=O) groups excluding carboxylic acids is 1. The van der Waals surface area contributed by atoms with E-state index in [0.29, 0.717) is 19.6 Å². The Kier molecular flexibility index (Phi) is 5.81. The normalized spacial score (nSPS) is 10.4. The Balaban J connectivity index is 1.63. The fraction of sp³-hybridized carbons (Fsp3) is 0.353. The van der Waals surface area contributed by atoms with E-state index in [4.69, 9.17) is 4.74 Å². The van der Waals surface area contributed by atoms with Crippen LogP contribution < -0.4 is 10.1 Å². The topological polar surface area (TPSA) is 38.3 Å². The van der Waals surface area contributed by atoms with Gasteiger partial charge in [0.2, 0.25) is 5.91 Å². The van der Waals surface area contributed by atoms with Crippen LogP contribution in [0.15, 0.2) is 35.7 Å². The van der Waals surface area contributed by atoms with Crippen LogP contribution in [0.5, 0.6) is 5.75 Å². The zero-order valence-electron chi connectivity index (χ0n) is 12.5. The lowest BCUT2D eigenvalue weighted by Gasteiger charge is -2.07. The van der Waals surface area contributed by atoms with E-state index in [0.717, 1.165) is 12.2 Å². The first-order valence-corrected chi connectivity index (χ1v) is 8.03. The summed E-state index contributed by atoms with van der Waals surface area (Å²) in [7, 11) is 0. The Morgan fingerprint density at radius 1 is 1.24 bits per heavy atom. The number of hydrogen-bond donors (Lipinski definition) is 1. The first kappa shape index (κ1) is 15.6. The lowest BCUT2D eigenvalue weighted by molar-refractivity contribution is -0.121. The highest BCUT2D eigenvalue weighted by Crippen LogP contribution is 2.20. The van der Waals surface area contributed by atoms with E-state index in [2.05, 4.69) is 24.5 Å². The largest absolute Gasteiger partial charge is 0.494 e. The molecule has 1 aromatic carbocycles. The first-order chi connectivity index (χ1) is 10.2. The molecule has 0 bridgehead atoms. The van der Waals surface area contributed by atoms with Crippen LogP contribution in [-0.4, -0.2) is 12.5 Å². The molecule has 112 valence electrons. The van der Waals surface area contributed by atoms with Crippen molar-refractivity contribution in [1.82, 2.24) is 5.32 Å². The smallest absolute Gasteiger partial charge is 0.220 e. The van der Waals surface area contributed by atoms with Gasteiger partial charge in [-0.15, -0.1) is 11.3 Å². The number of nitrogens with one attached hydrogen (secondary N) is 1. The minimum atomic E-state index is 0.0786. The van der Waals surface area contributed by atoms with Gasteiger partial charge in [0.05, 0.1) is 6.61 Å². The third-order valence-corrected chi connectivity index (χ3v) is 4.49. The average molecular weight is 303 g/mol. The second-order valence-electron chi connectivity index (χ2n) is 4.98. The van der Waals surface area contributed by atoms with Crippen LogP contribution in [0, 0.1) is 13.8 Å². The highest BCUT2D eigenvalue weighted by atomic mass is 32.1. The maximum absolute atomic E-state index is 11.8. The number of amides is 1. The summed E-state index contributed by atoms with van der Waals surface area (Å²) >= 11 is 1.73. The zero-order chi connectivity index (χ0) is 15.1. The van der Waals surface area contributed by atoms with Crippen molar-refractivity contribution < 1.29 is 9.53 Å². The summed E-state index contributed by atoms with van der Waals surface area (Å²) in [5, 5.41) is 5.08. The van der Waals surface area contributed by atoms with Crippen LogP contribution in [-0.2, 0) is 11.3 Å². The summed E-state index contributed by atoms with van der Waals surface area (Å²) in [5.74, 6) is 0.928. The van der Waals surface area contributed by atoms with Gasteiger partial charge in [-0.25, -0.2) is 0 Å². The van der Waals surface area contributed by atoms with Gasteiger partial charge < -0.3 is 10.1 Å². The van der Waals surface area contributed by atoms with Crippen molar-refractivity contribution in [3.63, 3.8) is 0 Å². The Hall–Kier alpha value is -1.81. The molecule has 0 spiro atoms. The highest BCUT2D eigenvalue weighted by molar-refractivity contribution is 7.10. The van der Waals surface area contributed by atoms with Gasteiger partial charge in [0.15, 0.2) is 0 Å². The Morgan fingerprint density at radius 2 is 2.00 bits per heavy atom. The van der Waals surface area contributed by atoms with Crippen LogP contribution in [0.3, 0.4) is 0 Å². The second-order valence-corrected chi connectivity index (χ2v) is 6.07. The summed E-state index contributed by atoms with van der Waals surface area (Å²) in [6, 6.07) is 9.67. The molecule has 0 unspecified atom stereocenters. The molecule has 0 saturated heterocycles. The summed E-state index contributed by atoms with van der Waals surface area (Å²) in [6.07, 6.45) is 1.22. The molecule has 1 aromatic heterocycles. The number of para-hydroxylation sites is 1. The molecule has 21 heavy (non-hydrogen) atoms. The van der Waals surface area contributed by atoms with Gasteiger partial charge >= 0.3 is 0 Å². The number of rotatable bonds is 7. The minimum Gasteiger partial charge on any atom is -0.494 e. The molecule has 0 aliphatic carbocycles. The number of aryl methyl sites for hydroxylation is 1. The van der Waals surface area contributed by atoms with Gasteiger partial charge in [-0.2, -0.15) is 0 Å². The molecule has 2 aromatic rings. The molecule has 3 nitrogen and oxygen atoms in total. The van der Waals surface area contributed by atoms with Gasteiger partial charge in [-0.3, -0.25) is 4.79 Å². The molecule has 0 fully saturated rings. The van der Waals surface area contributed by atoms with Crippen molar-refractivity contribution in [3.8, 4) is 5.75 Å². The number of hydrogen-bond acceptors (Lipinski definition) is 3. The summed E-state index contributed by atoms with van der Waals surface area (Å²) < 4.78 is 5.56. The van der Waals surface area contributed by atoms with Gasteiger partial charge in [0.25, 0.3) is 0 Å². The van der Waals surface area contributed by atoms with E-state index in [1.165, 1.54) is 16.0 Å². The predicted molar refractivity (Wildman–Crippen MR) is 86.8 cm³/mol. The van der Waals surface area contributed by atoms with Crippen molar-refractivity contribution in [2.45, 2.75) is 33.2 Å². The predicted octanol–water partition coefficient (Wildman–Crippen LogP) is 3.84. The summed E-state index contributed by atoms with van der Waals surface area (Å²) in [6.45, 7) is 5.38. The minimum absolute atomic E-state index is 0.0786. The van der Waals surface area contributed by atoms with Crippen molar-refractivity contribution in [2.75, 3.05) is 6.61 Å². The lowest BCUT2D eigenvalue weighted by Crippen LogP contribution is -2.23. The Bertz CT molecular complexity index is 578. The molecule has 4 heteroatoms. The number of carbonyl (C=O) groups is 1. The molecule has 0 aliphatic rings. The van der Waals surface area contributed by atoms with E-state index in [-0.39, 0.29) is 5.91 Å². The van der Waals surface area contributed by atoms with Gasteiger partial charge in [-0.05, 0) is 48.9 Å². The molecule has 0 saturated carbocycles. The standard InChI is InChI=1S/C17H21NO2S/c1-13-14(2)21-12-15(13)11-18-17(19)9-6-10-20-16-7-4-3-5-8-16/h3-5,7-8,12H,6,9-11H2,1-2H3,(H,18,19). The van der Waals surface area contributed by atoms with Crippen LogP contribution in [0.25, 0.3) is 0 Å². The lowest BCUT2D eigenvalue weighted by atomic mass is 10.2. The fourth-order valence-electron chi connectivity index (χ4n) is 1.96. The molecular weight excluding hydrogens is 282 g/mol. The van der Waals surface area contributed by atoms with E-state index >= 15 is 0 Å². The third kappa shape index (κ3) is 4.90. The molecule has 1 N–H and O–H groups in total. The molecular formula is C17H21NO2S. The van der Waals surface area contributed by atoms with Gasteiger partial charge in [0.1, 0.15) is 5.75 Å². The van der Waals surface area contributed by atoms with Crippen molar-refractivity contribution >= 4 is 17.2 Å². The highest BCUT2D eigenvalue weighted by Gasteiger charge is 2.06. The van der Waals surface area contributed by atoms with Crippen LogP contribution in [0.1, 0.15) is 28.8 Å². The SMILES string of the molecule is Cc1scc(CNC(=O)CCCOc2ccccc2)c1C. The Morgan fingerprint density at radius 3 is 2.67 bits per heavy atom.